The first kappa shape index (κ1) is 15.9. The lowest BCUT2D eigenvalue weighted by Gasteiger charge is -2.42. The molecule has 4 nitrogen and oxygen atoms in total. The van der Waals surface area contributed by atoms with Gasteiger partial charge in [0.05, 0.1) is 0 Å². The van der Waals surface area contributed by atoms with Crippen molar-refractivity contribution in [2.45, 2.75) is 44.7 Å². The molecule has 2 amide bonds. The van der Waals surface area contributed by atoms with Crippen LogP contribution >= 0.6 is 11.8 Å². The highest BCUT2D eigenvalue weighted by molar-refractivity contribution is 7.98. The number of benzene rings is 1. The van der Waals surface area contributed by atoms with Gasteiger partial charge in [-0.1, -0.05) is 20.8 Å². The lowest BCUT2D eigenvalue weighted by molar-refractivity contribution is -0.136. The lowest BCUT2D eigenvalue weighted by atomic mass is 9.84. The van der Waals surface area contributed by atoms with Crippen molar-refractivity contribution in [3.05, 3.63) is 24.3 Å². The third kappa shape index (κ3) is 3.07. The molecular weight excluding hydrogens is 284 g/mol. The van der Waals surface area contributed by atoms with Gasteiger partial charge in [-0.3, -0.25) is 14.5 Å². The smallest absolute Gasteiger partial charge is 0.250 e. The van der Waals surface area contributed by atoms with Crippen LogP contribution in [0.25, 0.3) is 0 Å². The molecular formula is C16H22N2O2S. The average Bonchev–Trinajstić information content (AvgIpc) is 2.42. The third-order valence-corrected chi connectivity index (χ3v) is 4.50. The summed E-state index contributed by atoms with van der Waals surface area (Å²) in [6.07, 6.45) is 2.01. The molecule has 0 aliphatic carbocycles. The maximum absolute atomic E-state index is 12.8. The molecule has 1 heterocycles. The van der Waals surface area contributed by atoms with E-state index in [1.165, 1.54) is 0 Å². The van der Waals surface area contributed by atoms with E-state index in [-0.39, 0.29) is 17.2 Å². The Morgan fingerprint density at radius 3 is 2.19 bits per heavy atom. The summed E-state index contributed by atoms with van der Waals surface area (Å²) in [5.74, 6) is -0.157. The lowest BCUT2D eigenvalue weighted by Crippen LogP contribution is -2.66. The molecule has 2 unspecified atom stereocenters. The molecule has 1 N–H and O–H groups in total. The maximum Gasteiger partial charge on any atom is 0.250 e. The molecule has 1 aliphatic rings. The Morgan fingerprint density at radius 1 is 1.14 bits per heavy atom. The van der Waals surface area contributed by atoms with Crippen molar-refractivity contribution in [3.8, 4) is 0 Å². The zero-order chi connectivity index (χ0) is 15.8. The van der Waals surface area contributed by atoms with Gasteiger partial charge in [-0.25, -0.2) is 0 Å². The van der Waals surface area contributed by atoms with Crippen LogP contribution in [0.5, 0.6) is 0 Å². The van der Waals surface area contributed by atoms with Crippen LogP contribution in [-0.4, -0.2) is 30.2 Å². The predicted octanol–water partition coefficient (Wildman–Crippen LogP) is 2.67. The van der Waals surface area contributed by atoms with Crippen molar-refractivity contribution in [2.24, 2.45) is 5.41 Å². The van der Waals surface area contributed by atoms with E-state index >= 15 is 0 Å². The Kier molecular flexibility index (Phi) is 4.33. The first-order valence-electron chi connectivity index (χ1n) is 7.03. The van der Waals surface area contributed by atoms with Crippen molar-refractivity contribution in [3.63, 3.8) is 0 Å². The van der Waals surface area contributed by atoms with Crippen molar-refractivity contribution < 1.29 is 9.59 Å². The highest BCUT2D eigenvalue weighted by atomic mass is 32.2. The van der Waals surface area contributed by atoms with Gasteiger partial charge in [-0.2, -0.15) is 0 Å². The number of hydrogen-bond acceptors (Lipinski definition) is 3. The number of carbonyl (C=O) groups excluding carboxylic acids is 2. The molecule has 114 valence electrons. The number of anilines is 1. The molecule has 1 aliphatic heterocycles. The largest absolute Gasteiger partial charge is 0.342 e. The second kappa shape index (κ2) is 5.72. The van der Waals surface area contributed by atoms with E-state index in [0.29, 0.717) is 0 Å². The van der Waals surface area contributed by atoms with Gasteiger partial charge in [0.2, 0.25) is 5.91 Å². The molecule has 1 aromatic carbocycles. The van der Waals surface area contributed by atoms with Gasteiger partial charge >= 0.3 is 0 Å². The van der Waals surface area contributed by atoms with Gasteiger partial charge in [-0.15, -0.1) is 11.8 Å². The monoisotopic (exact) mass is 306 g/mol. The molecule has 0 aromatic heterocycles. The van der Waals surface area contributed by atoms with Crippen LogP contribution < -0.4 is 10.2 Å². The molecule has 1 fully saturated rings. The minimum Gasteiger partial charge on any atom is -0.342 e. The summed E-state index contributed by atoms with van der Waals surface area (Å²) in [7, 11) is 0. The summed E-state index contributed by atoms with van der Waals surface area (Å²) in [5.41, 5.74) is 0.457. The summed E-state index contributed by atoms with van der Waals surface area (Å²) in [4.78, 5) is 27.7. The van der Waals surface area contributed by atoms with Crippen molar-refractivity contribution in [2.75, 3.05) is 11.2 Å². The Bertz CT molecular complexity index is 548. The van der Waals surface area contributed by atoms with Crippen LogP contribution in [-0.2, 0) is 9.59 Å². The van der Waals surface area contributed by atoms with E-state index in [2.05, 4.69) is 5.32 Å². The Morgan fingerprint density at radius 2 is 1.71 bits per heavy atom. The topological polar surface area (TPSA) is 49.4 Å². The third-order valence-electron chi connectivity index (χ3n) is 3.75. The zero-order valence-corrected chi connectivity index (χ0v) is 14.0. The first-order valence-corrected chi connectivity index (χ1v) is 8.25. The second-order valence-electron chi connectivity index (χ2n) is 6.39. The van der Waals surface area contributed by atoms with Gasteiger partial charge in [-0.05, 0) is 42.9 Å². The molecule has 0 saturated carbocycles. The maximum atomic E-state index is 12.8. The summed E-state index contributed by atoms with van der Waals surface area (Å²) in [6.45, 7) is 7.64. The van der Waals surface area contributed by atoms with Crippen molar-refractivity contribution in [1.82, 2.24) is 5.32 Å². The summed E-state index contributed by atoms with van der Waals surface area (Å²) in [5, 5.41) is 2.84. The van der Waals surface area contributed by atoms with E-state index in [9.17, 15) is 9.59 Å². The Labute approximate surface area is 130 Å². The number of amides is 2. The predicted molar refractivity (Wildman–Crippen MR) is 86.6 cm³/mol. The van der Waals surface area contributed by atoms with Gasteiger partial charge in [0.15, 0.2) is 0 Å². The number of piperazine rings is 1. The summed E-state index contributed by atoms with van der Waals surface area (Å²) in [6, 6.07) is 6.76. The molecule has 1 aromatic rings. The Balaban J connectivity index is 2.38. The van der Waals surface area contributed by atoms with Crippen LogP contribution in [0.2, 0.25) is 0 Å². The highest BCUT2D eigenvalue weighted by Crippen LogP contribution is 2.29. The number of carbonyl (C=O) groups is 2. The number of thioether (sulfide) groups is 1. The minimum atomic E-state index is -0.499. The van der Waals surface area contributed by atoms with Crippen molar-refractivity contribution >= 4 is 29.3 Å². The molecule has 5 heteroatoms. The normalized spacial score (nSPS) is 23.2. The van der Waals surface area contributed by atoms with E-state index in [1.54, 1.807) is 23.6 Å². The van der Waals surface area contributed by atoms with Gasteiger partial charge in [0, 0.05) is 10.6 Å². The number of nitrogens with one attached hydrogen (secondary N) is 1. The van der Waals surface area contributed by atoms with Crippen LogP contribution in [0.3, 0.4) is 0 Å². The van der Waals surface area contributed by atoms with Crippen LogP contribution in [0, 0.1) is 5.41 Å². The molecule has 1 saturated heterocycles. The van der Waals surface area contributed by atoms with E-state index in [0.717, 1.165) is 10.6 Å². The average molecular weight is 306 g/mol. The fourth-order valence-corrected chi connectivity index (χ4v) is 2.86. The minimum absolute atomic E-state index is 0.0495. The summed E-state index contributed by atoms with van der Waals surface area (Å²) < 4.78 is 0. The Hall–Kier alpha value is -1.49. The summed E-state index contributed by atoms with van der Waals surface area (Å²) >= 11 is 1.65. The number of hydrogen-bond donors (Lipinski definition) is 1. The van der Waals surface area contributed by atoms with Crippen LogP contribution in [0.1, 0.15) is 27.7 Å². The highest BCUT2D eigenvalue weighted by Gasteiger charge is 2.44. The number of nitrogens with zero attached hydrogens (tertiary/aromatic N) is 1. The van der Waals surface area contributed by atoms with Crippen LogP contribution in [0.15, 0.2) is 29.2 Å². The fourth-order valence-electron chi connectivity index (χ4n) is 2.45. The van der Waals surface area contributed by atoms with Gasteiger partial charge in [0.25, 0.3) is 5.91 Å². The van der Waals surface area contributed by atoms with Gasteiger partial charge in [0.1, 0.15) is 12.1 Å². The van der Waals surface area contributed by atoms with Gasteiger partial charge < -0.3 is 5.32 Å². The second-order valence-corrected chi connectivity index (χ2v) is 7.27. The zero-order valence-electron chi connectivity index (χ0n) is 13.1. The molecule has 21 heavy (non-hydrogen) atoms. The molecule has 0 bridgehead atoms. The quantitative estimate of drug-likeness (QED) is 0.855. The standard InChI is InChI=1S/C16H22N2O2S/c1-10-14(19)17-13(16(2,3)4)15(20)18(10)11-6-8-12(21-5)9-7-11/h6-10,13H,1-5H3,(H,17,19). The SMILES string of the molecule is CSc1ccc(N2C(=O)C(C(C)(C)C)NC(=O)C2C)cc1. The number of rotatable bonds is 2. The molecule has 0 radical (unpaired) electrons. The van der Waals surface area contributed by atoms with Crippen molar-refractivity contribution in [1.29, 1.82) is 0 Å². The molecule has 0 spiro atoms. The first-order chi connectivity index (χ1) is 9.75. The van der Waals surface area contributed by atoms with E-state index < -0.39 is 12.1 Å². The van der Waals surface area contributed by atoms with E-state index in [1.807, 2.05) is 51.3 Å². The van der Waals surface area contributed by atoms with E-state index in [4.69, 9.17) is 0 Å². The van der Waals surface area contributed by atoms with Crippen LogP contribution in [0.4, 0.5) is 5.69 Å². The molecule has 2 atom stereocenters. The molecule has 2 rings (SSSR count). The fraction of sp³-hybridized carbons (Fsp3) is 0.500.